The maximum absolute atomic E-state index is 12.8. The van der Waals surface area contributed by atoms with Gasteiger partial charge in [0.25, 0.3) is 0 Å². The molecule has 0 saturated carbocycles. The van der Waals surface area contributed by atoms with E-state index in [0.29, 0.717) is 12.1 Å². The Morgan fingerprint density at radius 2 is 2.00 bits per heavy atom. The van der Waals surface area contributed by atoms with Crippen LogP contribution in [0.5, 0.6) is 0 Å². The lowest BCUT2D eigenvalue weighted by molar-refractivity contribution is 0.139. The number of hydrogen-bond donors (Lipinski definition) is 1. The zero-order valence-corrected chi connectivity index (χ0v) is 9.91. The van der Waals surface area contributed by atoms with Crippen molar-refractivity contribution in [3.63, 3.8) is 0 Å². The summed E-state index contributed by atoms with van der Waals surface area (Å²) in [4.78, 5) is 2.44. The van der Waals surface area contributed by atoms with Gasteiger partial charge in [0.15, 0.2) is 0 Å². The van der Waals surface area contributed by atoms with Gasteiger partial charge in [0, 0.05) is 31.7 Å². The number of halogens is 1. The van der Waals surface area contributed by atoms with Crippen molar-refractivity contribution < 1.29 is 4.39 Å². The molecular weight excluding hydrogens is 203 g/mol. The van der Waals surface area contributed by atoms with E-state index in [1.54, 1.807) is 0 Å². The Morgan fingerprint density at radius 1 is 1.31 bits per heavy atom. The topological polar surface area (TPSA) is 15.3 Å². The van der Waals surface area contributed by atoms with Crippen LogP contribution in [0.2, 0.25) is 0 Å². The van der Waals surface area contributed by atoms with Crippen molar-refractivity contribution in [3.05, 3.63) is 35.6 Å². The molecule has 1 aliphatic heterocycles. The first-order valence-corrected chi connectivity index (χ1v) is 5.87. The zero-order valence-electron chi connectivity index (χ0n) is 9.91. The molecule has 1 N–H and O–H groups in total. The fourth-order valence-corrected chi connectivity index (χ4v) is 2.14. The first-order valence-electron chi connectivity index (χ1n) is 5.87. The summed E-state index contributed by atoms with van der Waals surface area (Å²) in [5.41, 5.74) is 1.18. The number of hydrogen-bond acceptors (Lipinski definition) is 2. The van der Waals surface area contributed by atoms with Crippen molar-refractivity contribution in [2.75, 3.05) is 13.1 Å². The molecule has 0 aromatic heterocycles. The molecule has 1 heterocycles. The Kier molecular flexibility index (Phi) is 3.56. The fraction of sp³-hybridized carbons (Fsp3) is 0.538. The Hall–Kier alpha value is -0.930. The molecule has 0 spiro atoms. The smallest absolute Gasteiger partial charge is 0.123 e. The highest BCUT2D eigenvalue weighted by Gasteiger charge is 2.21. The van der Waals surface area contributed by atoms with E-state index in [-0.39, 0.29) is 5.82 Å². The minimum atomic E-state index is -0.162. The van der Waals surface area contributed by atoms with Gasteiger partial charge in [-0.25, -0.2) is 4.39 Å². The van der Waals surface area contributed by atoms with E-state index >= 15 is 0 Å². The van der Waals surface area contributed by atoms with Gasteiger partial charge in [-0.3, -0.25) is 4.90 Å². The molecule has 2 nitrogen and oxygen atoms in total. The van der Waals surface area contributed by atoms with Gasteiger partial charge in [-0.15, -0.1) is 0 Å². The van der Waals surface area contributed by atoms with Gasteiger partial charge in [0.05, 0.1) is 0 Å². The molecule has 1 aromatic rings. The summed E-state index contributed by atoms with van der Waals surface area (Å²) in [5, 5.41) is 3.45. The monoisotopic (exact) mass is 222 g/mol. The molecule has 0 unspecified atom stereocenters. The van der Waals surface area contributed by atoms with E-state index in [1.807, 2.05) is 12.1 Å². The average Bonchev–Trinajstić information content (AvgIpc) is 2.27. The maximum atomic E-state index is 12.8. The Balaban J connectivity index is 2.00. The summed E-state index contributed by atoms with van der Waals surface area (Å²) in [6.07, 6.45) is 0. The molecule has 1 saturated heterocycles. The summed E-state index contributed by atoms with van der Waals surface area (Å²) in [6.45, 7) is 7.42. The highest BCUT2D eigenvalue weighted by molar-refractivity contribution is 5.16. The van der Waals surface area contributed by atoms with E-state index in [1.165, 1.54) is 17.7 Å². The van der Waals surface area contributed by atoms with E-state index in [2.05, 4.69) is 24.1 Å². The van der Waals surface area contributed by atoms with Gasteiger partial charge in [0.1, 0.15) is 5.82 Å². The standard InChI is InChI=1S/C13H19FN2/c1-10-8-16(11(2)7-15-10)9-12-3-5-13(14)6-4-12/h3-6,10-11,15H,7-9H2,1-2H3/t10-,11-/m1/s1. The minimum absolute atomic E-state index is 0.162. The van der Waals surface area contributed by atoms with Crippen LogP contribution in [0.4, 0.5) is 4.39 Å². The second-order valence-corrected chi connectivity index (χ2v) is 4.71. The van der Waals surface area contributed by atoms with Crippen molar-refractivity contribution in [2.24, 2.45) is 0 Å². The zero-order chi connectivity index (χ0) is 11.5. The minimum Gasteiger partial charge on any atom is -0.311 e. The van der Waals surface area contributed by atoms with Gasteiger partial charge in [-0.2, -0.15) is 0 Å². The van der Waals surface area contributed by atoms with Crippen LogP contribution in [0.1, 0.15) is 19.4 Å². The normalized spacial score (nSPS) is 26.9. The molecule has 1 aromatic carbocycles. The van der Waals surface area contributed by atoms with Crippen molar-refractivity contribution in [1.29, 1.82) is 0 Å². The van der Waals surface area contributed by atoms with Crippen molar-refractivity contribution in [1.82, 2.24) is 10.2 Å². The molecule has 0 radical (unpaired) electrons. The van der Waals surface area contributed by atoms with Gasteiger partial charge in [-0.05, 0) is 31.5 Å². The highest BCUT2D eigenvalue weighted by atomic mass is 19.1. The summed E-state index contributed by atoms with van der Waals surface area (Å²) in [5.74, 6) is -0.162. The summed E-state index contributed by atoms with van der Waals surface area (Å²) >= 11 is 0. The van der Waals surface area contributed by atoms with Crippen LogP contribution < -0.4 is 5.32 Å². The molecule has 0 amide bonds. The summed E-state index contributed by atoms with van der Waals surface area (Å²) in [6, 6.07) is 7.89. The van der Waals surface area contributed by atoms with Crippen LogP contribution in [-0.2, 0) is 6.54 Å². The summed E-state index contributed by atoms with van der Waals surface area (Å²) in [7, 11) is 0. The predicted molar refractivity (Wildman–Crippen MR) is 63.7 cm³/mol. The molecule has 1 aliphatic rings. The second kappa shape index (κ2) is 4.93. The lowest BCUT2D eigenvalue weighted by Gasteiger charge is -2.37. The molecule has 1 fully saturated rings. The third-order valence-electron chi connectivity index (χ3n) is 3.19. The lowest BCUT2D eigenvalue weighted by atomic mass is 10.1. The van der Waals surface area contributed by atoms with E-state index in [9.17, 15) is 4.39 Å². The summed E-state index contributed by atoms with van der Waals surface area (Å²) < 4.78 is 12.8. The van der Waals surface area contributed by atoms with Gasteiger partial charge in [-0.1, -0.05) is 12.1 Å². The van der Waals surface area contributed by atoms with Gasteiger partial charge < -0.3 is 5.32 Å². The molecule has 2 atom stereocenters. The van der Waals surface area contributed by atoms with Crippen LogP contribution in [0.3, 0.4) is 0 Å². The Bertz CT molecular complexity index is 336. The SMILES string of the molecule is C[C@@H]1CN(Cc2ccc(F)cc2)[C@H](C)CN1. The quantitative estimate of drug-likeness (QED) is 0.823. The maximum Gasteiger partial charge on any atom is 0.123 e. The Labute approximate surface area is 96.5 Å². The number of piperazine rings is 1. The van der Waals surface area contributed by atoms with Crippen LogP contribution in [0.15, 0.2) is 24.3 Å². The van der Waals surface area contributed by atoms with Gasteiger partial charge in [0.2, 0.25) is 0 Å². The van der Waals surface area contributed by atoms with Gasteiger partial charge >= 0.3 is 0 Å². The number of benzene rings is 1. The van der Waals surface area contributed by atoms with E-state index in [0.717, 1.165) is 19.6 Å². The molecule has 0 aliphatic carbocycles. The molecular formula is C13H19FN2. The molecule has 16 heavy (non-hydrogen) atoms. The number of nitrogens with zero attached hydrogens (tertiary/aromatic N) is 1. The fourth-order valence-electron chi connectivity index (χ4n) is 2.14. The second-order valence-electron chi connectivity index (χ2n) is 4.71. The van der Waals surface area contributed by atoms with Crippen LogP contribution in [0.25, 0.3) is 0 Å². The highest BCUT2D eigenvalue weighted by Crippen LogP contribution is 2.12. The largest absolute Gasteiger partial charge is 0.311 e. The van der Waals surface area contributed by atoms with E-state index < -0.39 is 0 Å². The molecule has 88 valence electrons. The third kappa shape index (κ3) is 2.80. The van der Waals surface area contributed by atoms with Crippen LogP contribution in [0, 0.1) is 5.82 Å². The molecule has 3 heteroatoms. The molecule has 0 bridgehead atoms. The first-order chi connectivity index (χ1) is 7.65. The lowest BCUT2D eigenvalue weighted by Crippen LogP contribution is -2.53. The first kappa shape index (κ1) is 11.6. The van der Waals surface area contributed by atoms with Crippen molar-refractivity contribution in [3.8, 4) is 0 Å². The number of rotatable bonds is 2. The van der Waals surface area contributed by atoms with Crippen molar-refractivity contribution >= 4 is 0 Å². The Morgan fingerprint density at radius 3 is 2.69 bits per heavy atom. The predicted octanol–water partition coefficient (Wildman–Crippen LogP) is 2.01. The van der Waals surface area contributed by atoms with Crippen molar-refractivity contribution in [2.45, 2.75) is 32.5 Å². The third-order valence-corrected chi connectivity index (χ3v) is 3.19. The molecule has 2 rings (SSSR count). The van der Waals surface area contributed by atoms with E-state index in [4.69, 9.17) is 0 Å². The van der Waals surface area contributed by atoms with Crippen LogP contribution in [-0.4, -0.2) is 30.1 Å². The average molecular weight is 222 g/mol. The van der Waals surface area contributed by atoms with Crippen LogP contribution >= 0.6 is 0 Å². The number of nitrogens with one attached hydrogen (secondary N) is 1.